The molecule has 6 heteroatoms. The highest BCUT2D eigenvalue weighted by atomic mass is 35.5. The van der Waals surface area contributed by atoms with E-state index in [-0.39, 0.29) is 24.2 Å². The second-order valence-corrected chi connectivity index (χ2v) is 4.17. The zero-order valence-corrected chi connectivity index (χ0v) is 10.3. The van der Waals surface area contributed by atoms with Crippen molar-refractivity contribution >= 4 is 11.6 Å². The van der Waals surface area contributed by atoms with Gasteiger partial charge in [-0.1, -0.05) is 12.1 Å². The van der Waals surface area contributed by atoms with E-state index < -0.39 is 12.8 Å². The quantitative estimate of drug-likeness (QED) is 0.434. The van der Waals surface area contributed by atoms with E-state index in [4.69, 9.17) is 11.6 Å². The van der Waals surface area contributed by atoms with E-state index in [1.807, 2.05) is 0 Å². The van der Waals surface area contributed by atoms with Gasteiger partial charge < -0.3 is 4.74 Å². The van der Waals surface area contributed by atoms with E-state index in [0.29, 0.717) is 6.42 Å². The van der Waals surface area contributed by atoms with Crippen molar-refractivity contribution in [2.45, 2.75) is 18.5 Å². The molecule has 0 bridgehead atoms. The summed E-state index contributed by atoms with van der Waals surface area (Å²) in [5, 5.41) is 0. The summed E-state index contributed by atoms with van der Waals surface area (Å²) >= 11 is 5.74. The molecule has 0 aromatic heterocycles. The number of rotatable bonds is 6. The summed E-state index contributed by atoms with van der Waals surface area (Å²) in [7, 11) is 0. The third-order valence-corrected chi connectivity index (χ3v) is 2.78. The van der Waals surface area contributed by atoms with Crippen LogP contribution in [-0.2, 0) is 4.74 Å². The lowest BCUT2D eigenvalue weighted by molar-refractivity contribution is -0.174. The molecule has 0 saturated carbocycles. The largest absolute Gasteiger partial charge is 0.411 e. The lowest BCUT2D eigenvalue weighted by Crippen LogP contribution is -2.18. The molecule has 0 heterocycles. The Morgan fingerprint density at radius 3 is 2.28 bits per heavy atom. The molecule has 1 atom stereocenters. The molecule has 1 aromatic rings. The molecule has 0 saturated heterocycles. The highest BCUT2D eigenvalue weighted by Crippen LogP contribution is 2.22. The van der Waals surface area contributed by atoms with Crippen LogP contribution in [0.1, 0.15) is 17.9 Å². The zero-order chi connectivity index (χ0) is 13.6. The maximum atomic E-state index is 12.7. The predicted molar refractivity (Wildman–Crippen MR) is 61.4 cm³/mol. The first kappa shape index (κ1) is 15.2. The Labute approximate surface area is 108 Å². The molecule has 0 fully saturated rings. The van der Waals surface area contributed by atoms with Crippen molar-refractivity contribution in [2.75, 3.05) is 19.1 Å². The van der Waals surface area contributed by atoms with Gasteiger partial charge in [-0.05, 0) is 30.0 Å². The van der Waals surface area contributed by atoms with Crippen LogP contribution in [0.4, 0.5) is 17.6 Å². The molecule has 0 radical (unpaired) electrons. The Morgan fingerprint density at radius 2 is 1.78 bits per heavy atom. The lowest BCUT2D eigenvalue weighted by atomic mass is 9.98. The molecule has 102 valence electrons. The van der Waals surface area contributed by atoms with Gasteiger partial charge in [-0.25, -0.2) is 4.39 Å². The molecule has 1 nitrogen and oxygen atoms in total. The predicted octanol–water partition coefficient (Wildman–Crippen LogP) is 4.12. The third kappa shape index (κ3) is 5.69. The summed E-state index contributed by atoms with van der Waals surface area (Å²) in [6, 6.07) is 5.75. The SMILES string of the molecule is Fc1ccc(C(CCl)CCOCC(F)(F)F)cc1. The van der Waals surface area contributed by atoms with Gasteiger partial charge in [0.25, 0.3) is 0 Å². The molecule has 0 N–H and O–H groups in total. The van der Waals surface area contributed by atoms with Gasteiger partial charge in [0.1, 0.15) is 12.4 Å². The van der Waals surface area contributed by atoms with E-state index in [1.165, 1.54) is 12.1 Å². The molecular weight excluding hydrogens is 272 g/mol. The van der Waals surface area contributed by atoms with Crippen molar-refractivity contribution in [2.24, 2.45) is 0 Å². The summed E-state index contributed by atoms with van der Waals surface area (Å²) in [6.45, 7) is -1.29. The van der Waals surface area contributed by atoms with Crippen LogP contribution in [0.15, 0.2) is 24.3 Å². The third-order valence-electron chi connectivity index (χ3n) is 2.40. The van der Waals surface area contributed by atoms with Crippen LogP contribution in [0.25, 0.3) is 0 Å². The van der Waals surface area contributed by atoms with Crippen molar-refractivity contribution in [3.05, 3.63) is 35.6 Å². The van der Waals surface area contributed by atoms with Crippen molar-refractivity contribution in [3.8, 4) is 0 Å². The van der Waals surface area contributed by atoms with Gasteiger partial charge in [-0.15, -0.1) is 11.6 Å². The minimum atomic E-state index is -4.31. The van der Waals surface area contributed by atoms with Gasteiger partial charge in [0.2, 0.25) is 0 Å². The molecule has 18 heavy (non-hydrogen) atoms. The number of hydrogen-bond donors (Lipinski definition) is 0. The van der Waals surface area contributed by atoms with Crippen LogP contribution in [0.3, 0.4) is 0 Å². The van der Waals surface area contributed by atoms with Gasteiger partial charge in [0, 0.05) is 12.5 Å². The Bertz CT molecular complexity index is 350. The molecule has 0 spiro atoms. The maximum Gasteiger partial charge on any atom is 0.411 e. The van der Waals surface area contributed by atoms with Crippen molar-refractivity contribution in [1.82, 2.24) is 0 Å². The molecule has 0 amide bonds. The van der Waals surface area contributed by atoms with E-state index in [9.17, 15) is 17.6 Å². The zero-order valence-electron chi connectivity index (χ0n) is 9.51. The van der Waals surface area contributed by atoms with E-state index in [0.717, 1.165) is 5.56 Å². The van der Waals surface area contributed by atoms with Crippen LogP contribution in [0.2, 0.25) is 0 Å². The first-order valence-electron chi connectivity index (χ1n) is 5.38. The minimum absolute atomic E-state index is 0.0335. The number of hydrogen-bond acceptors (Lipinski definition) is 1. The normalized spacial score (nSPS) is 13.6. The van der Waals surface area contributed by atoms with E-state index in [2.05, 4.69) is 4.74 Å². The van der Waals surface area contributed by atoms with Gasteiger partial charge in [0.05, 0.1) is 0 Å². The van der Waals surface area contributed by atoms with E-state index >= 15 is 0 Å². The maximum absolute atomic E-state index is 12.7. The molecule has 0 aliphatic rings. The number of halogens is 5. The lowest BCUT2D eigenvalue weighted by Gasteiger charge is -2.15. The average molecular weight is 285 g/mol. The highest BCUT2D eigenvalue weighted by Gasteiger charge is 2.27. The topological polar surface area (TPSA) is 9.23 Å². The summed E-state index contributed by atoms with van der Waals surface area (Å²) in [4.78, 5) is 0. The van der Waals surface area contributed by atoms with Gasteiger partial charge in [-0.2, -0.15) is 13.2 Å². The Hall–Kier alpha value is -0.810. The Morgan fingerprint density at radius 1 is 1.17 bits per heavy atom. The standard InChI is InChI=1S/C12H13ClF4O/c13-7-10(5-6-18-8-12(15,16)17)9-1-3-11(14)4-2-9/h1-4,10H,5-8H2. The van der Waals surface area contributed by atoms with Crippen LogP contribution in [-0.4, -0.2) is 25.3 Å². The first-order valence-corrected chi connectivity index (χ1v) is 5.92. The summed E-state index contributed by atoms with van der Waals surface area (Å²) in [5.41, 5.74) is 0.794. The Balaban J connectivity index is 2.40. The summed E-state index contributed by atoms with van der Waals surface area (Å²) in [5.74, 6) is -0.248. The average Bonchev–Trinajstić information content (AvgIpc) is 2.29. The van der Waals surface area contributed by atoms with Crippen LogP contribution >= 0.6 is 11.6 Å². The van der Waals surface area contributed by atoms with Gasteiger partial charge in [0.15, 0.2) is 0 Å². The molecule has 1 rings (SSSR count). The summed E-state index contributed by atoms with van der Waals surface area (Å²) < 4.78 is 52.7. The fraction of sp³-hybridized carbons (Fsp3) is 0.500. The van der Waals surface area contributed by atoms with E-state index in [1.54, 1.807) is 12.1 Å². The van der Waals surface area contributed by atoms with Crippen molar-refractivity contribution < 1.29 is 22.3 Å². The van der Waals surface area contributed by atoms with Crippen LogP contribution in [0.5, 0.6) is 0 Å². The molecule has 1 aromatic carbocycles. The molecule has 0 aliphatic carbocycles. The van der Waals surface area contributed by atoms with Crippen LogP contribution < -0.4 is 0 Å². The summed E-state index contributed by atoms with van der Waals surface area (Å²) in [6.07, 6.45) is -3.95. The molecule has 1 unspecified atom stereocenters. The second kappa shape index (κ2) is 6.95. The fourth-order valence-electron chi connectivity index (χ4n) is 1.48. The molecule has 0 aliphatic heterocycles. The smallest absolute Gasteiger partial charge is 0.372 e. The highest BCUT2D eigenvalue weighted by molar-refractivity contribution is 6.18. The second-order valence-electron chi connectivity index (χ2n) is 3.86. The number of alkyl halides is 4. The van der Waals surface area contributed by atoms with Crippen molar-refractivity contribution in [3.63, 3.8) is 0 Å². The molecular formula is C12H13ClF4O. The Kier molecular flexibility index (Phi) is 5.88. The number of ether oxygens (including phenoxy) is 1. The minimum Gasteiger partial charge on any atom is -0.372 e. The monoisotopic (exact) mass is 284 g/mol. The first-order chi connectivity index (χ1) is 8.42. The van der Waals surface area contributed by atoms with Crippen LogP contribution in [0, 0.1) is 5.82 Å². The van der Waals surface area contributed by atoms with Gasteiger partial charge in [-0.3, -0.25) is 0 Å². The number of benzene rings is 1. The van der Waals surface area contributed by atoms with Crippen molar-refractivity contribution in [1.29, 1.82) is 0 Å². The van der Waals surface area contributed by atoms with Gasteiger partial charge >= 0.3 is 6.18 Å². The fourth-order valence-corrected chi connectivity index (χ4v) is 1.81.